The molecule has 0 unspecified atom stereocenters. The van der Waals surface area contributed by atoms with E-state index >= 15 is 0 Å². The van der Waals surface area contributed by atoms with E-state index in [9.17, 15) is 4.79 Å². The van der Waals surface area contributed by atoms with Crippen molar-refractivity contribution in [3.63, 3.8) is 0 Å². The molecule has 6 nitrogen and oxygen atoms in total. The molecule has 0 atom stereocenters. The largest absolute Gasteiger partial charge is 0.454 e. The van der Waals surface area contributed by atoms with Gasteiger partial charge in [-0.1, -0.05) is 0 Å². The highest BCUT2D eigenvalue weighted by atomic mass is 16.7. The van der Waals surface area contributed by atoms with Gasteiger partial charge in [0, 0.05) is 24.5 Å². The summed E-state index contributed by atoms with van der Waals surface area (Å²) in [4.78, 5) is 16.5. The van der Waals surface area contributed by atoms with Gasteiger partial charge in [0.2, 0.25) is 6.79 Å². The Labute approximate surface area is 122 Å². The van der Waals surface area contributed by atoms with Crippen LogP contribution in [0.15, 0.2) is 36.5 Å². The Morgan fingerprint density at radius 1 is 1.29 bits per heavy atom. The highest BCUT2D eigenvalue weighted by Gasteiger charge is 2.16. The molecule has 0 bridgehead atoms. The standard InChI is InChI=1S/C15H15N3O3/c1-2-16-14-11(4-3-7-17-14)15(19)18-10-5-6-12-13(8-10)21-9-20-12/h3-8H,2,9H2,1H3,(H,16,17)(H,18,19). The Morgan fingerprint density at radius 2 is 2.14 bits per heavy atom. The van der Waals surface area contributed by atoms with Crippen molar-refractivity contribution in [3.05, 3.63) is 42.1 Å². The van der Waals surface area contributed by atoms with Gasteiger partial charge in [-0.25, -0.2) is 4.98 Å². The van der Waals surface area contributed by atoms with Gasteiger partial charge in [-0.2, -0.15) is 0 Å². The maximum absolute atomic E-state index is 12.3. The Kier molecular flexibility index (Phi) is 3.59. The lowest BCUT2D eigenvalue weighted by Gasteiger charge is -2.10. The lowest BCUT2D eigenvalue weighted by Crippen LogP contribution is -2.15. The van der Waals surface area contributed by atoms with E-state index in [1.54, 1.807) is 36.5 Å². The molecule has 3 rings (SSSR count). The van der Waals surface area contributed by atoms with E-state index in [2.05, 4.69) is 15.6 Å². The first-order chi connectivity index (χ1) is 10.3. The van der Waals surface area contributed by atoms with E-state index in [0.717, 1.165) is 0 Å². The number of aromatic nitrogens is 1. The van der Waals surface area contributed by atoms with E-state index in [4.69, 9.17) is 9.47 Å². The number of hydrogen-bond acceptors (Lipinski definition) is 5. The molecule has 1 aliphatic rings. The summed E-state index contributed by atoms with van der Waals surface area (Å²) in [6.45, 7) is 2.86. The number of fused-ring (bicyclic) bond motifs is 1. The topological polar surface area (TPSA) is 72.5 Å². The number of anilines is 2. The van der Waals surface area contributed by atoms with Gasteiger partial charge in [0.15, 0.2) is 11.5 Å². The summed E-state index contributed by atoms with van der Waals surface area (Å²) in [6.07, 6.45) is 1.65. The number of pyridine rings is 1. The molecule has 1 aliphatic heterocycles. The van der Waals surface area contributed by atoms with Crippen molar-refractivity contribution in [2.45, 2.75) is 6.92 Å². The Bertz CT molecular complexity index is 673. The average Bonchev–Trinajstić information content (AvgIpc) is 2.95. The van der Waals surface area contributed by atoms with E-state index < -0.39 is 0 Å². The molecule has 1 aromatic heterocycles. The molecule has 0 radical (unpaired) electrons. The number of carbonyl (C=O) groups excluding carboxylic acids is 1. The van der Waals surface area contributed by atoms with Crippen molar-refractivity contribution >= 4 is 17.4 Å². The molecule has 0 fully saturated rings. The molecule has 1 amide bonds. The zero-order chi connectivity index (χ0) is 14.7. The monoisotopic (exact) mass is 285 g/mol. The third-order valence-electron chi connectivity index (χ3n) is 3.03. The quantitative estimate of drug-likeness (QED) is 0.903. The van der Waals surface area contributed by atoms with Gasteiger partial charge in [0.1, 0.15) is 5.82 Å². The zero-order valence-electron chi connectivity index (χ0n) is 11.6. The predicted molar refractivity (Wildman–Crippen MR) is 78.9 cm³/mol. The number of rotatable bonds is 4. The molecule has 0 saturated carbocycles. The third-order valence-corrected chi connectivity index (χ3v) is 3.03. The minimum Gasteiger partial charge on any atom is -0.454 e. The second kappa shape index (κ2) is 5.70. The van der Waals surface area contributed by atoms with Crippen molar-refractivity contribution in [2.75, 3.05) is 24.0 Å². The van der Waals surface area contributed by atoms with Crippen LogP contribution < -0.4 is 20.1 Å². The maximum Gasteiger partial charge on any atom is 0.259 e. The fourth-order valence-electron chi connectivity index (χ4n) is 2.07. The molecule has 2 aromatic rings. The number of hydrogen-bond donors (Lipinski definition) is 2. The third kappa shape index (κ3) is 2.74. The SMILES string of the molecule is CCNc1ncccc1C(=O)Nc1ccc2c(c1)OCO2. The maximum atomic E-state index is 12.3. The van der Waals surface area contributed by atoms with Gasteiger partial charge in [0.05, 0.1) is 5.56 Å². The van der Waals surface area contributed by atoms with Gasteiger partial charge in [-0.3, -0.25) is 4.79 Å². The second-order valence-corrected chi connectivity index (χ2v) is 4.45. The smallest absolute Gasteiger partial charge is 0.259 e. The van der Waals surface area contributed by atoms with E-state index in [-0.39, 0.29) is 12.7 Å². The number of nitrogens with one attached hydrogen (secondary N) is 2. The van der Waals surface area contributed by atoms with E-state index in [1.807, 2.05) is 6.92 Å². The molecule has 2 heterocycles. The second-order valence-electron chi connectivity index (χ2n) is 4.45. The van der Waals surface area contributed by atoms with Gasteiger partial charge in [0.25, 0.3) is 5.91 Å². The summed E-state index contributed by atoms with van der Waals surface area (Å²) >= 11 is 0. The van der Waals surface area contributed by atoms with Gasteiger partial charge in [-0.05, 0) is 31.2 Å². The molecule has 2 N–H and O–H groups in total. The lowest BCUT2D eigenvalue weighted by molar-refractivity contribution is 0.102. The number of amides is 1. The Balaban J connectivity index is 1.80. The minimum atomic E-state index is -0.224. The first-order valence-corrected chi connectivity index (χ1v) is 6.68. The van der Waals surface area contributed by atoms with Crippen LogP contribution in [0.5, 0.6) is 11.5 Å². The van der Waals surface area contributed by atoms with Crippen molar-refractivity contribution in [3.8, 4) is 11.5 Å². The van der Waals surface area contributed by atoms with E-state index in [1.165, 1.54) is 0 Å². The molecule has 108 valence electrons. The number of carbonyl (C=O) groups is 1. The van der Waals surface area contributed by atoms with Crippen LogP contribution in [-0.2, 0) is 0 Å². The summed E-state index contributed by atoms with van der Waals surface area (Å²) in [5.41, 5.74) is 1.15. The van der Waals surface area contributed by atoms with Crippen LogP contribution in [0, 0.1) is 0 Å². The highest BCUT2D eigenvalue weighted by molar-refractivity contribution is 6.07. The Morgan fingerprint density at radius 3 is 3.00 bits per heavy atom. The average molecular weight is 285 g/mol. The number of ether oxygens (including phenoxy) is 2. The molecule has 0 aliphatic carbocycles. The summed E-state index contributed by atoms with van der Waals surface area (Å²) in [7, 11) is 0. The Hall–Kier alpha value is -2.76. The first-order valence-electron chi connectivity index (χ1n) is 6.68. The fourth-order valence-corrected chi connectivity index (χ4v) is 2.07. The molecule has 6 heteroatoms. The number of benzene rings is 1. The zero-order valence-corrected chi connectivity index (χ0v) is 11.6. The minimum absolute atomic E-state index is 0.208. The molecule has 0 saturated heterocycles. The molecular weight excluding hydrogens is 270 g/mol. The van der Waals surface area contributed by atoms with Crippen LogP contribution in [0.2, 0.25) is 0 Å². The molecule has 0 spiro atoms. The van der Waals surface area contributed by atoms with E-state index in [0.29, 0.717) is 35.1 Å². The van der Waals surface area contributed by atoms with Gasteiger partial charge >= 0.3 is 0 Å². The van der Waals surface area contributed by atoms with Crippen LogP contribution in [0.4, 0.5) is 11.5 Å². The molecule has 21 heavy (non-hydrogen) atoms. The van der Waals surface area contributed by atoms with Crippen molar-refractivity contribution < 1.29 is 14.3 Å². The van der Waals surface area contributed by atoms with Gasteiger partial charge < -0.3 is 20.1 Å². The summed E-state index contributed by atoms with van der Waals surface area (Å²) in [5.74, 6) is 1.66. The predicted octanol–water partition coefficient (Wildman–Crippen LogP) is 2.49. The van der Waals surface area contributed by atoms with Crippen molar-refractivity contribution in [2.24, 2.45) is 0 Å². The van der Waals surface area contributed by atoms with Crippen molar-refractivity contribution in [1.29, 1.82) is 0 Å². The van der Waals surface area contributed by atoms with Crippen LogP contribution in [0.3, 0.4) is 0 Å². The molecule has 1 aromatic carbocycles. The summed E-state index contributed by atoms with van der Waals surface area (Å²) in [6, 6.07) is 8.74. The summed E-state index contributed by atoms with van der Waals surface area (Å²) < 4.78 is 10.5. The molecular formula is C15H15N3O3. The first kappa shape index (κ1) is 13.2. The highest BCUT2D eigenvalue weighted by Crippen LogP contribution is 2.34. The normalized spacial score (nSPS) is 12.0. The van der Waals surface area contributed by atoms with Crippen molar-refractivity contribution in [1.82, 2.24) is 4.98 Å². The number of nitrogens with zero attached hydrogens (tertiary/aromatic N) is 1. The summed E-state index contributed by atoms with van der Waals surface area (Å²) in [5, 5.41) is 5.90. The van der Waals surface area contributed by atoms with Crippen LogP contribution in [0.1, 0.15) is 17.3 Å². The van der Waals surface area contributed by atoms with Crippen LogP contribution in [0.25, 0.3) is 0 Å². The lowest BCUT2D eigenvalue weighted by atomic mass is 10.2. The van der Waals surface area contributed by atoms with Crippen LogP contribution >= 0.6 is 0 Å². The fraction of sp³-hybridized carbons (Fsp3) is 0.200. The van der Waals surface area contributed by atoms with Crippen LogP contribution in [-0.4, -0.2) is 24.2 Å². The van der Waals surface area contributed by atoms with Gasteiger partial charge in [-0.15, -0.1) is 0 Å².